The van der Waals surface area contributed by atoms with Gasteiger partial charge in [0.2, 0.25) is 0 Å². The predicted molar refractivity (Wildman–Crippen MR) is 54.6 cm³/mol. The number of nitrogens with one attached hydrogen (secondary N) is 1. The van der Waals surface area contributed by atoms with E-state index in [1.165, 1.54) is 6.33 Å². The molecule has 1 aromatic rings. The number of anilines is 1. The number of carboxylic acid groups (broad SMARTS) is 1. The van der Waals surface area contributed by atoms with E-state index < -0.39 is 11.5 Å². The van der Waals surface area contributed by atoms with Crippen LogP contribution in [0.2, 0.25) is 0 Å². The summed E-state index contributed by atoms with van der Waals surface area (Å²) in [7, 11) is 0. The number of carbonyl (C=O) groups is 1. The highest BCUT2D eigenvalue weighted by Gasteiger charge is 2.44. The molecule has 2 N–H and O–H groups in total. The van der Waals surface area contributed by atoms with Crippen LogP contribution in [0.5, 0.6) is 0 Å². The predicted octanol–water partition coefficient (Wildman–Crippen LogP) is 1.20. The Balaban J connectivity index is 2.17. The van der Waals surface area contributed by atoms with Crippen molar-refractivity contribution in [2.45, 2.75) is 31.7 Å². The van der Waals surface area contributed by atoms with Crippen LogP contribution in [0.3, 0.4) is 0 Å². The van der Waals surface area contributed by atoms with Crippen LogP contribution in [0, 0.1) is 6.92 Å². The fourth-order valence-corrected chi connectivity index (χ4v) is 1.69. The molecule has 1 aliphatic carbocycles. The van der Waals surface area contributed by atoms with Crippen LogP contribution in [0.1, 0.15) is 25.0 Å². The summed E-state index contributed by atoms with van der Waals surface area (Å²) >= 11 is 0. The van der Waals surface area contributed by atoms with E-state index in [-0.39, 0.29) is 0 Å². The maximum Gasteiger partial charge on any atom is 0.329 e. The van der Waals surface area contributed by atoms with Gasteiger partial charge >= 0.3 is 5.97 Å². The van der Waals surface area contributed by atoms with E-state index in [1.54, 1.807) is 6.07 Å². The minimum Gasteiger partial charge on any atom is -0.480 e. The van der Waals surface area contributed by atoms with Gasteiger partial charge in [-0.3, -0.25) is 0 Å². The lowest BCUT2D eigenvalue weighted by molar-refractivity contribution is -0.145. The fraction of sp³-hybridized carbons (Fsp3) is 0.500. The van der Waals surface area contributed by atoms with E-state index in [2.05, 4.69) is 15.3 Å². The average Bonchev–Trinajstić information content (AvgIpc) is 2.11. The summed E-state index contributed by atoms with van der Waals surface area (Å²) in [4.78, 5) is 19.1. The Bertz CT molecular complexity index is 388. The van der Waals surface area contributed by atoms with Gasteiger partial charge in [-0.15, -0.1) is 0 Å². The highest BCUT2D eigenvalue weighted by molar-refractivity contribution is 5.83. The van der Waals surface area contributed by atoms with E-state index in [0.29, 0.717) is 18.7 Å². The Kier molecular flexibility index (Phi) is 2.30. The van der Waals surface area contributed by atoms with Crippen LogP contribution in [0.4, 0.5) is 5.82 Å². The van der Waals surface area contributed by atoms with E-state index in [4.69, 9.17) is 5.11 Å². The number of hydrogen-bond donors (Lipinski definition) is 2. The molecule has 0 unspecified atom stereocenters. The maximum absolute atomic E-state index is 11.1. The smallest absolute Gasteiger partial charge is 0.329 e. The number of aliphatic carboxylic acids is 1. The van der Waals surface area contributed by atoms with Gasteiger partial charge in [0.05, 0.1) is 0 Å². The molecule has 2 rings (SSSR count). The minimum absolute atomic E-state index is 0.588. The van der Waals surface area contributed by atoms with E-state index >= 15 is 0 Å². The second-order valence-electron chi connectivity index (χ2n) is 3.91. The lowest BCUT2D eigenvalue weighted by Crippen LogP contribution is -2.52. The maximum atomic E-state index is 11.1. The van der Waals surface area contributed by atoms with Crippen molar-refractivity contribution in [2.75, 3.05) is 5.32 Å². The Hall–Kier alpha value is -1.65. The minimum atomic E-state index is -0.805. The van der Waals surface area contributed by atoms with E-state index in [9.17, 15) is 4.79 Å². The van der Waals surface area contributed by atoms with Gasteiger partial charge in [0.15, 0.2) is 0 Å². The third-order valence-electron chi connectivity index (χ3n) is 2.79. The number of hydrogen-bond acceptors (Lipinski definition) is 4. The molecule has 80 valence electrons. The van der Waals surface area contributed by atoms with E-state index in [0.717, 1.165) is 12.1 Å². The summed E-state index contributed by atoms with van der Waals surface area (Å²) in [5.74, 6) is -0.213. The Morgan fingerprint density at radius 1 is 1.53 bits per heavy atom. The summed E-state index contributed by atoms with van der Waals surface area (Å²) < 4.78 is 0. The summed E-state index contributed by atoms with van der Waals surface area (Å²) in [5.41, 5.74) is 0.0215. The zero-order chi connectivity index (χ0) is 10.9. The summed E-state index contributed by atoms with van der Waals surface area (Å²) in [6.45, 7) is 1.85. The molecule has 1 saturated carbocycles. The lowest BCUT2D eigenvalue weighted by Gasteiger charge is -2.38. The second kappa shape index (κ2) is 3.49. The van der Waals surface area contributed by atoms with Gasteiger partial charge < -0.3 is 10.4 Å². The topological polar surface area (TPSA) is 75.1 Å². The van der Waals surface area contributed by atoms with E-state index in [1.807, 2.05) is 6.92 Å². The molecule has 1 fully saturated rings. The number of rotatable bonds is 3. The van der Waals surface area contributed by atoms with Crippen LogP contribution in [0.25, 0.3) is 0 Å². The molecule has 1 heterocycles. The molecule has 0 saturated heterocycles. The first-order chi connectivity index (χ1) is 7.12. The van der Waals surface area contributed by atoms with Crippen molar-refractivity contribution in [3.63, 3.8) is 0 Å². The molecule has 0 spiro atoms. The molecule has 1 aromatic heterocycles. The Morgan fingerprint density at radius 2 is 2.27 bits per heavy atom. The average molecular weight is 207 g/mol. The number of aromatic nitrogens is 2. The molecule has 0 radical (unpaired) electrons. The molecule has 0 bridgehead atoms. The van der Waals surface area contributed by atoms with Gasteiger partial charge in [-0.05, 0) is 26.2 Å². The monoisotopic (exact) mass is 207 g/mol. The van der Waals surface area contributed by atoms with Crippen LogP contribution < -0.4 is 5.32 Å². The standard InChI is InChI=1S/C10H13N3O2/c1-7-5-8(12-6-11-7)13-10(9(14)15)3-2-4-10/h5-6H,2-4H2,1H3,(H,14,15)(H,11,12,13). The zero-order valence-corrected chi connectivity index (χ0v) is 8.53. The molecule has 1 aliphatic rings. The first-order valence-electron chi connectivity index (χ1n) is 4.93. The summed E-state index contributed by atoms with van der Waals surface area (Å²) in [6.07, 6.45) is 3.70. The Morgan fingerprint density at radius 3 is 2.73 bits per heavy atom. The van der Waals surface area contributed by atoms with Gasteiger partial charge in [0, 0.05) is 11.8 Å². The van der Waals surface area contributed by atoms with Crippen LogP contribution >= 0.6 is 0 Å². The van der Waals surface area contributed by atoms with Crippen LogP contribution in [-0.4, -0.2) is 26.6 Å². The first kappa shape index (κ1) is 9.89. The molecular formula is C10H13N3O2. The quantitative estimate of drug-likeness (QED) is 0.779. The largest absolute Gasteiger partial charge is 0.480 e. The van der Waals surface area contributed by atoms with Crippen molar-refractivity contribution in [3.05, 3.63) is 18.1 Å². The first-order valence-corrected chi connectivity index (χ1v) is 4.93. The normalized spacial score (nSPS) is 17.9. The van der Waals surface area contributed by atoms with Gasteiger partial charge in [-0.2, -0.15) is 0 Å². The van der Waals surface area contributed by atoms with Gasteiger partial charge in [0.1, 0.15) is 17.7 Å². The summed E-state index contributed by atoms with van der Waals surface area (Å²) in [6, 6.07) is 1.75. The third kappa shape index (κ3) is 1.77. The highest BCUT2D eigenvalue weighted by atomic mass is 16.4. The number of aryl methyl sites for hydroxylation is 1. The van der Waals surface area contributed by atoms with Crippen molar-refractivity contribution in [3.8, 4) is 0 Å². The fourth-order valence-electron chi connectivity index (χ4n) is 1.69. The Labute approximate surface area is 87.6 Å². The lowest BCUT2D eigenvalue weighted by atomic mass is 9.77. The highest BCUT2D eigenvalue weighted by Crippen LogP contribution is 2.35. The molecule has 5 nitrogen and oxygen atoms in total. The zero-order valence-electron chi connectivity index (χ0n) is 8.53. The molecule has 5 heteroatoms. The second-order valence-corrected chi connectivity index (χ2v) is 3.91. The molecular weight excluding hydrogens is 194 g/mol. The van der Waals surface area contributed by atoms with Crippen molar-refractivity contribution in [1.29, 1.82) is 0 Å². The molecule has 0 aromatic carbocycles. The van der Waals surface area contributed by atoms with Gasteiger partial charge in [-0.25, -0.2) is 14.8 Å². The summed E-state index contributed by atoms with van der Waals surface area (Å²) in [5, 5.41) is 12.1. The van der Waals surface area contributed by atoms with Crippen molar-refractivity contribution in [1.82, 2.24) is 9.97 Å². The van der Waals surface area contributed by atoms with Crippen LogP contribution in [0.15, 0.2) is 12.4 Å². The van der Waals surface area contributed by atoms with Crippen molar-refractivity contribution >= 4 is 11.8 Å². The van der Waals surface area contributed by atoms with Gasteiger partial charge in [0.25, 0.3) is 0 Å². The van der Waals surface area contributed by atoms with Crippen molar-refractivity contribution < 1.29 is 9.90 Å². The molecule has 0 aliphatic heterocycles. The SMILES string of the molecule is Cc1cc(NC2(C(=O)O)CCC2)ncn1. The van der Waals surface area contributed by atoms with Crippen LogP contribution in [-0.2, 0) is 4.79 Å². The number of nitrogens with zero attached hydrogens (tertiary/aromatic N) is 2. The molecule has 15 heavy (non-hydrogen) atoms. The van der Waals surface area contributed by atoms with Crippen molar-refractivity contribution in [2.24, 2.45) is 0 Å². The molecule has 0 amide bonds. The molecule has 0 atom stereocenters. The third-order valence-corrected chi connectivity index (χ3v) is 2.79. The van der Waals surface area contributed by atoms with Gasteiger partial charge in [-0.1, -0.05) is 0 Å². The number of carboxylic acids is 1.